The molecule has 8 rings (SSSR count). The predicted molar refractivity (Wildman–Crippen MR) is 214 cm³/mol. The molecule has 0 saturated carbocycles. The zero-order valence-corrected chi connectivity index (χ0v) is 32.5. The highest BCUT2D eigenvalue weighted by atomic mass is 32.2. The minimum absolute atomic E-state index is 0.156. The molecule has 296 valence electrons. The maximum absolute atomic E-state index is 13.1. The summed E-state index contributed by atoms with van der Waals surface area (Å²) >= 11 is 0. The number of fused-ring (bicyclic) bond motifs is 8. The largest absolute Gasteiger partial charge is 0.466 e. The molecule has 0 saturated heterocycles. The van der Waals surface area contributed by atoms with Gasteiger partial charge < -0.3 is 27.6 Å². The number of carbonyl (C=O) groups excluding carboxylic acids is 1. The van der Waals surface area contributed by atoms with Crippen LogP contribution in [0.3, 0.4) is 0 Å². The van der Waals surface area contributed by atoms with Gasteiger partial charge in [-0.3, -0.25) is 13.9 Å². The first-order chi connectivity index (χ1) is 27.3. The average molecular weight is 816 g/mol. The van der Waals surface area contributed by atoms with Crippen molar-refractivity contribution >= 4 is 92.9 Å². The van der Waals surface area contributed by atoms with Gasteiger partial charge in [0.05, 0.1) is 42.4 Å². The number of hydrogen-bond donors (Lipinski definition) is 2. The van der Waals surface area contributed by atoms with Crippen molar-refractivity contribution in [3.63, 3.8) is 0 Å². The molecule has 0 unspecified atom stereocenters. The van der Waals surface area contributed by atoms with Crippen LogP contribution in [-0.4, -0.2) is 56.6 Å². The van der Waals surface area contributed by atoms with Gasteiger partial charge in [-0.15, -0.1) is 0 Å². The number of hydrogen-bond acceptors (Lipinski definition) is 11. The van der Waals surface area contributed by atoms with Crippen molar-refractivity contribution in [2.45, 2.75) is 45.6 Å². The molecule has 4 heterocycles. The second-order valence-electron chi connectivity index (χ2n) is 13.8. The normalized spacial score (nSPS) is 14.5. The van der Waals surface area contributed by atoms with E-state index in [-0.39, 0.29) is 25.9 Å². The lowest BCUT2D eigenvalue weighted by Crippen LogP contribution is -2.35. The molecule has 0 bridgehead atoms. The van der Waals surface area contributed by atoms with Crippen LogP contribution in [0.1, 0.15) is 44.9 Å². The van der Waals surface area contributed by atoms with Gasteiger partial charge in [0.25, 0.3) is 25.8 Å². The van der Waals surface area contributed by atoms with E-state index in [2.05, 4.69) is 0 Å². The number of oxazole rings is 1. The highest BCUT2D eigenvalue weighted by Crippen LogP contribution is 2.45. The SMILES string of the molecule is CCOC(=O)CC(=Cc1oc2cc3c(cc2[n+]1CCCCS(=O)(=O)O)oc1ccccc13)C=C1Oc2cc3c(cc2N1CCCCS(=O)(=O)O)oc1ccccc13. The van der Waals surface area contributed by atoms with E-state index >= 15 is 0 Å². The molecule has 0 aliphatic carbocycles. The summed E-state index contributed by atoms with van der Waals surface area (Å²) in [6, 6.07) is 22.8. The zero-order valence-electron chi connectivity index (χ0n) is 30.8. The molecule has 1 aliphatic rings. The summed E-state index contributed by atoms with van der Waals surface area (Å²) < 4.78 is 97.3. The third kappa shape index (κ3) is 8.25. The van der Waals surface area contributed by atoms with E-state index < -0.39 is 37.7 Å². The Kier molecular flexibility index (Phi) is 10.3. The van der Waals surface area contributed by atoms with E-state index in [1.165, 1.54) is 0 Å². The number of rotatable bonds is 15. The molecule has 7 aromatic rings. The Bertz CT molecular complexity index is 2970. The van der Waals surface area contributed by atoms with Crippen molar-refractivity contribution in [3.8, 4) is 5.75 Å². The first-order valence-electron chi connectivity index (χ1n) is 18.5. The third-order valence-corrected chi connectivity index (χ3v) is 11.4. The quantitative estimate of drug-likeness (QED) is 0.0439. The third-order valence-electron chi connectivity index (χ3n) is 9.80. The molecule has 0 amide bonds. The fraction of sp³-hybridized carbons (Fsp3) is 0.268. The number of ether oxygens (including phenoxy) is 2. The van der Waals surface area contributed by atoms with Crippen LogP contribution in [-0.2, 0) is 36.3 Å². The van der Waals surface area contributed by atoms with Crippen molar-refractivity contribution in [2.75, 3.05) is 29.6 Å². The fourth-order valence-electron chi connectivity index (χ4n) is 7.26. The van der Waals surface area contributed by atoms with Crippen molar-refractivity contribution in [3.05, 3.63) is 96.2 Å². The van der Waals surface area contributed by atoms with Crippen LogP contribution in [0, 0.1) is 0 Å². The second kappa shape index (κ2) is 15.3. The fourth-order valence-corrected chi connectivity index (χ4v) is 8.40. The lowest BCUT2D eigenvalue weighted by Gasteiger charge is -2.18. The second-order valence-corrected chi connectivity index (χ2v) is 17.0. The molecular weight excluding hydrogens is 777 g/mol. The van der Waals surface area contributed by atoms with Crippen LogP contribution in [0.25, 0.3) is 61.1 Å². The first kappa shape index (κ1) is 38.2. The highest BCUT2D eigenvalue weighted by Gasteiger charge is 2.30. The van der Waals surface area contributed by atoms with E-state index in [0.29, 0.717) is 88.1 Å². The van der Waals surface area contributed by atoms with Gasteiger partial charge in [-0.25, -0.2) is 0 Å². The molecule has 0 spiro atoms. The number of furan rings is 2. The lowest BCUT2D eigenvalue weighted by molar-refractivity contribution is -0.678. The molecule has 4 aromatic carbocycles. The summed E-state index contributed by atoms with van der Waals surface area (Å²) in [4.78, 5) is 15.0. The first-order valence-corrected chi connectivity index (χ1v) is 21.7. The molecule has 16 heteroatoms. The number of nitrogens with zero attached hydrogens (tertiary/aromatic N) is 2. The standard InChI is InChI=1S/C41H38N2O12S2/c1-2-51-41(44)21-26(19-39-42(15-7-9-17-56(45,46)47)31-24-35-29(22-37(31)54-39)27-11-3-5-13-33(27)52-35)20-40-43(16-8-10-18-57(48,49)50)32-25-36-30(23-38(32)55-40)28-12-4-6-14-34(28)53-36/h3-6,11-14,19-20,22-25H,2,7-10,15-18,21H2,1H3,(H-,45,46,47,48,49,50)/p+1. The highest BCUT2D eigenvalue weighted by molar-refractivity contribution is 7.86. The van der Waals surface area contributed by atoms with Crippen molar-refractivity contribution in [1.82, 2.24) is 0 Å². The van der Waals surface area contributed by atoms with Gasteiger partial charge in [0.1, 0.15) is 22.3 Å². The Morgan fingerprint density at radius 1 is 0.754 bits per heavy atom. The molecule has 0 atom stereocenters. The molecule has 14 nitrogen and oxygen atoms in total. The summed E-state index contributed by atoms with van der Waals surface area (Å²) in [6.45, 7) is 2.48. The summed E-state index contributed by atoms with van der Waals surface area (Å²) in [5.74, 6) is -0.0767. The summed E-state index contributed by atoms with van der Waals surface area (Å²) in [7, 11) is -8.32. The Morgan fingerprint density at radius 2 is 1.39 bits per heavy atom. The van der Waals surface area contributed by atoms with Crippen LogP contribution in [0.2, 0.25) is 0 Å². The molecule has 57 heavy (non-hydrogen) atoms. The smallest absolute Gasteiger partial charge is 0.374 e. The number of anilines is 1. The van der Waals surface area contributed by atoms with E-state index in [1.54, 1.807) is 19.1 Å². The summed E-state index contributed by atoms with van der Waals surface area (Å²) in [6.07, 6.45) is 4.35. The van der Waals surface area contributed by atoms with Gasteiger partial charge in [-0.1, -0.05) is 36.4 Å². The minimum atomic E-state index is -4.16. The van der Waals surface area contributed by atoms with E-state index in [1.807, 2.05) is 82.3 Å². The number of carbonyl (C=O) groups is 1. The molecule has 0 radical (unpaired) electrons. The molecular formula is C41H39N2O12S2+. The molecule has 3 aromatic heterocycles. The van der Waals surface area contributed by atoms with Crippen LogP contribution in [0.4, 0.5) is 5.69 Å². The number of aromatic nitrogens is 1. The number of aryl methyl sites for hydroxylation is 1. The number of esters is 1. The topological polar surface area (TPSA) is 191 Å². The molecule has 1 aliphatic heterocycles. The predicted octanol–water partition coefficient (Wildman–Crippen LogP) is 7.93. The number of para-hydroxylation sites is 2. The number of allylic oxidation sites excluding steroid dienone is 1. The van der Waals surface area contributed by atoms with Crippen molar-refractivity contribution in [2.24, 2.45) is 0 Å². The van der Waals surface area contributed by atoms with Crippen LogP contribution >= 0.6 is 0 Å². The lowest BCUT2D eigenvalue weighted by atomic mass is 10.1. The van der Waals surface area contributed by atoms with E-state index in [0.717, 1.165) is 21.5 Å². The van der Waals surface area contributed by atoms with Crippen LogP contribution in [0.5, 0.6) is 5.75 Å². The van der Waals surface area contributed by atoms with Crippen molar-refractivity contribution in [1.29, 1.82) is 0 Å². The van der Waals surface area contributed by atoms with Gasteiger partial charge in [-0.05, 0) is 56.0 Å². The Morgan fingerprint density at radius 3 is 2.05 bits per heavy atom. The molecule has 0 fully saturated rings. The summed E-state index contributed by atoms with van der Waals surface area (Å²) in [5, 5.41) is 3.50. The van der Waals surface area contributed by atoms with Gasteiger partial charge in [-0.2, -0.15) is 21.4 Å². The van der Waals surface area contributed by atoms with Gasteiger partial charge in [0, 0.05) is 46.7 Å². The molecule has 2 N–H and O–H groups in total. The van der Waals surface area contributed by atoms with Crippen LogP contribution < -0.4 is 14.2 Å². The average Bonchev–Trinajstić information content (AvgIpc) is 3.89. The van der Waals surface area contributed by atoms with Gasteiger partial charge in [0.2, 0.25) is 11.5 Å². The van der Waals surface area contributed by atoms with Gasteiger partial charge in [0.15, 0.2) is 12.3 Å². The Balaban J connectivity index is 1.23. The minimum Gasteiger partial charge on any atom is -0.466 e. The van der Waals surface area contributed by atoms with Crippen molar-refractivity contribution < 1.29 is 58.0 Å². The van der Waals surface area contributed by atoms with E-state index in [4.69, 9.17) is 22.7 Å². The van der Waals surface area contributed by atoms with Gasteiger partial charge >= 0.3 is 11.9 Å². The summed E-state index contributed by atoms with van der Waals surface area (Å²) in [5.41, 5.74) is 4.99. The van der Waals surface area contributed by atoms with Crippen LogP contribution in [0.15, 0.2) is 104 Å². The monoisotopic (exact) mass is 815 g/mol. The maximum Gasteiger partial charge on any atom is 0.374 e. The Labute approximate surface area is 327 Å². The maximum atomic E-state index is 13.1. The zero-order chi connectivity index (χ0) is 39.9. The van der Waals surface area contributed by atoms with E-state index in [9.17, 15) is 30.7 Å². The number of benzene rings is 4. The number of unbranched alkanes of at least 4 members (excludes halogenated alkanes) is 2. The Hall–Kier alpha value is -5.68.